The van der Waals surface area contributed by atoms with Gasteiger partial charge in [-0.05, 0) is 36.0 Å². The maximum atomic E-state index is 3.80. The van der Waals surface area contributed by atoms with E-state index in [1.807, 2.05) is 6.08 Å². The second-order valence-corrected chi connectivity index (χ2v) is 3.69. The Balaban J connectivity index is 2.87. The van der Waals surface area contributed by atoms with E-state index in [0.29, 0.717) is 0 Å². The molecule has 0 N–H and O–H groups in total. The van der Waals surface area contributed by atoms with Crippen molar-refractivity contribution in [3.8, 4) is 0 Å². The maximum Gasteiger partial charge on any atom is -0.0260 e. The number of benzene rings is 1. The number of hydrogen-bond acceptors (Lipinski definition) is 0. The molecule has 0 aliphatic rings. The van der Waals surface area contributed by atoms with E-state index >= 15 is 0 Å². The molecule has 14 heavy (non-hydrogen) atoms. The van der Waals surface area contributed by atoms with E-state index < -0.39 is 0 Å². The Morgan fingerprint density at radius 1 is 1.21 bits per heavy atom. The quantitative estimate of drug-likeness (QED) is 0.648. The van der Waals surface area contributed by atoms with Crippen LogP contribution in [0.3, 0.4) is 0 Å². The molecule has 0 saturated heterocycles. The van der Waals surface area contributed by atoms with Crippen LogP contribution in [0.25, 0.3) is 6.08 Å². The Kier molecular flexibility index (Phi) is 4.45. The summed E-state index contributed by atoms with van der Waals surface area (Å²) in [5, 5.41) is 0. The van der Waals surface area contributed by atoms with Gasteiger partial charge in [0, 0.05) is 0 Å². The molecule has 0 fully saturated rings. The van der Waals surface area contributed by atoms with Crippen molar-refractivity contribution in [2.45, 2.75) is 39.5 Å². The molecule has 0 amide bonds. The summed E-state index contributed by atoms with van der Waals surface area (Å²) in [6.45, 7) is 8.26. The Morgan fingerprint density at radius 2 is 2.00 bits per heavy atom. The van der Waals surface area contributed by atoms with Crippen molar-refractivity contribution in [2.75, 3.05) is 0 Å². The third-order valence-electron chi connectivity index (χ3n) is 2.65. The van der Waals surface area contributed by atoms with E-state index in [9.17, 15) is 0 Å². The van der Waals surface area contributed by atoms with Crippen LogP contribution in [0.5, 0.6) is 0 Å². The first-order chi connectivity index (χ1) is 6.81. The van der Waals surface area contributed by atoms with Crippen LogP contribution in [0.15, 0.2) is 24.8 Å². The molecule has 0 saturated carbocycles. The zero-order valence-electron chi connectivity index (χ0n) is 9.34. The minimum absolute atomic E-state index is 1.13. The SMILES string of the molecule is C=Cc1ccc(CCCC)c(CC)c1. The van der Waals surface area contributed by atoms with Gasteiger partial charge >= 0.3 is 0 Å². The minimum atomic E-state index is 1.13. The van der Waals surface area contributed by atoms with Gasteiger partial charge in [0.15, 0.2) is 0 Å². The fourth-order valence-electron chi connectivity index (χ4n) is 1.71. The Morgan fingerprint density at radius 3 is 2.57 bits per heavy atom. The monoisotopic (exact) mass is 188 g/mol. The average molecular weight is 188 g/mol. The predicted octanol–water partition coefficient (Wildman–Crippen LogP) is 4.23. The Hall–Kier alpha value is -1.04. The minimum Gasteiger partial charge on any atom is -0.0985 e. The van der Waals surface area contributed by atoms with Crippen molar-refractivity contribution in [1.82, 2.24) is 0 Å². The molecule has 1 aromatic rings. The molecule has 76 valence electrons. The summed E-state index contributed by atoms with van der Waals surface area (Å²) in [5.41, 5.74) is 4.23. The second-order valence-electron chi connectivity index (χ2n) is 3.69. The van der Waals surface area contributed by atoms with E-state index in [4.69, 9.17) is 0 Å². The molecule has 0 heteroatoms. The average Bonchev–Trinajstić information content (AvgIpc) is 2.26. The molecular formula is C14H20. The van der Waals surface area contributed by atoms with Crippen LogP contribution >= 0.6 is 0 Å². The van der Waals surface area contributed by atoms with Gasteiger partial charge in [-0.1, -0.05) is 51.1 Å². The maximum absolute atomic E-state index is 3.80. The summed E-state index contributed by atoms with van der Waals surface area (Å²) in [6.07, 6.45) is 6.83. The van der Waals surface area contributed by atoms with Gasteiger partial charge in [-0.15, -0.1) is 0 Å². The van der Waals surface area contributed by atoms with Gasteiger partial charge in [-0.3, -0.25) is 0 Å². The van der Waals surface area contributed by atoms with Crippen LogP contribution in [-0.2, 0) is 12.8 Å². The Bertz CT molecular complexity index is 297. The van der Waals surface area contributed by atoms with Crippen molar-refractivity contribution in [3.63, 3.8) is 0 Å². The Labute approximate surface area is 87.7 Å². The van der Waals surface area contributed by atoms with Crippen LogP contribution in [0.1, 0.15) is 43.4 Å². The summed E-state index contributed by atoms with van der Waals surface area (Å²) in [4.78, 5) is 0. The van der Waals surface area contributed by atoms with Crippen molar-refractivity contribution < 1.29 is 0 Å². The third-order valence-corrected chi connectivity index (χ3v) is 2.65. The molecule has 0 atom stereocenters. The normalized spacial score (nSPS) is 10.1. The van der Waals surface area contributed by atoms with Crippen LogP contribution in [0.4, 0.5) is 0 Å². The highest BCUT2D eigenvalue weighted by molar-refractivity contribution is 5.50. The summed E-state index contributed by atoms with van der Waals surface area (Å²) in [7, 11) is 0. The van der Waals surface area contributed by atoms with E-state index in [2.05, 4.69) is 38.6 Å². The number of unbranched alkanes of at least 4 members (excludes halogenated alkanes) is 1. The molecule has 0 heterocycles. The lowest BCUT2D eigenvalue weighted by atomic mass is 9.98. The van der Waals surface area contributed by atoms with Gasteiger partial charge in [0.2, 0.25) is 0 Å². The lowest BCUT2D eigenvalue weighted by molar-refractivity contribution is 0.787. The smallest absolute Gasteiger partial charge is 0.0260 e. The highest BCUT2D eigenvalue weighted by atomic mass is 14.1. The van der Waals surface area contributed by atoms with Gasteiger partial charge < -0.3 is 0 Å². The van der Waals surface area contributed by atoms with E-state index in [-0.39, 0.29) is 0 Å². The highest BCUT2D eigenvalue weighted by Crippen LogP contribution is 2.16. The molecule has 0 aromatic heterocycles. The topological polar surface area (TPSA) is 0 Å². The van der Waals surface area contributed by atoms with Crippen LogP contribution in [0.2, 0.25) is 0 Å². The van der Waals surface area contributed by atoms with Crippen LogP contribution in [-0.4, -0.2) is 0 Å². The number of rotatable bonds is 5. The zero-order valence-corrected chi connectivity index (χ0v) is 9.34. The molecule has 0 bridgehead atoms. The first-order valence-electron chi connectivity index (χ1n) is 5.56. The van der Waals surface area contributed by atoms with Gasteiger partial charge in [-0.25, -0.2) is 0 Å². The highest BCUT2D eigenvalue weighted by Gasteiger charge is 2.00. The summed E-state index contributed by atoms with van der Waals surface area (Å²) in [5.74, 6) is 0. The van der Waals surface area contributed by atoms with E-state index in [0.717, 1.165) is 6.42 Å². The molecule has 1 aromatic carbocycles. The van der Waals surface area contributed by atoms with E-state index in [1.54, 1.807) is 0 Å². The zero-order chi connectivity index (χ0) is 10.4. The number of hydrogen-bond donors (Lipinski definition) is 0. The third kappa shape index (κ3) is 2.73. The summed E-state index contributed by atoms with van der Waals surface area (Å²) in [6, 6.07) is 6.68. The molecule has 0 unspecified atom stereocenters. The molecule has 1 rings (SSSR count). The summed E-state index contributed by atoms with van der Waals surface area (Å²) >= 11 is 0. The molecule has 0 radical (unpaired) electrons. The van der Waals surface area contributed by atoms with Crippen molar-refractivity contribution >= 4 is 6.08 Å². The van der Waals surface area contributed by atoms with Crippen LogP contribution in [0, 0.1) is 0 Å². The van der Waals surface area contributed by atoms with Gasteiger partial charge in [-0.2, -0.15) is 0 Å². The fourth-order valence-corrected chi connectivity index (χ4v) is 1.71. The first kappa shape index (κ1) is 11.0. The molecule has 0 aliphatic heterocycles. The van der Waals surface area contributed by atoms with Gasteiger partial charge in [0.25, 0.3) is 0 Å². The number of aryl methyl sites for hydroxylation is 2. The largest absolute Gasteiger partial charge is 0.0985 e. The van der Waals surface area contributed by atoms with Crippen molar-refractivity contribution in [2.24, 2.45) is 0 Å². The molecule has 0 spiro atoms. The molecular weight excluding hydrogens is 168 g/mol. The van der Waals surface area contributed by atoms with Gasteiger partial charge in [0.1, 0.15) is 0 Å². The lowest BCUT2D eigenvalue weighted by Crippen LogP contribution is -1.93. The lowest BCUT2D eigenvalue weighted by Gasteiger charge is -2.08. The molecule has 0 aliphatic carbocycles. The predicted molar refractivity (Wildman–Crippen MR) is 64.5 cm³/mol. The van der Waals surface area contributed by atoms with Gasteiger partial charge in [0.05, 0.1) is 0 Å². The first-order valence-corrected chi connectivity index (χ1v) is 5.56. The summed E-state index contributed by atoms with van der Waals surface area (Å²) < 4.78 is 0. The standard InChI is InChI=1S/C14H20/c1-4-7-8-14-10-9-12(5-2)11-13(14)6-3/h5,9-11H,2,4,6-8H2,1,3H3. The van der Waals surface area contributed by atoms with Crippen LogP contribution < -0.4 is 0 Å². The molecule has 0 nitrogen and oxygen atoms in total. The fraction of sp³-hybridized carbons (Fsp3) is 0.429. The van der Waals surface area contributed by atoms with E-state index in [1.165, 1.54) is 36.0 Å². The van der Waals surface area contributed by atoms with Crippen molar-refractivity contribution in [3.05, 3.63) is 41.5 Å². The van der Waals surface area contributed by atoms with Crippen molar-refractivity contribution in [1.29, 1.82) is 0 Å². The second kappa shape index (κ2) is 5.64.